The molecular weight excluding hydrogens is 230 g/mol. The van der Waals surface area contributed by atoms with Crippen molar-refractivity contribution in [3.63, 3.8) is 0 Å². The number of oxime groups is 1. The molecule has 0 saturated carbocycles. The maximum Gasteiger partial charge on any atom is 0.169 e. The predicted molar refractivity (Wildman–Crippen MR) is 68.6 cm³/mol. The van der Waals surface area contributed by atoms with E-state index in [1.807, 2.05) is 18.2 Å². The van der Waals surface area contributed by atoms with E-state index >= 15 is 0 Å². The Hall–Kier alpha value is -2.49. The lowest BCUT2D eigenvalue weighted by Crippen LogP contribution is -1.91. The Morgan fingerprint density at radius 2 is 1.83 bits per heavy atom. The third-order valence-electron chi connectivity index (χ3n) is 2.45. The molecule has 0 radical (unpaired) electrons. The van der Waals surface area contributed by atoms with E-state index < -0.39 is 0 Å². The highest BCUT2D eigenvalue weighted by molar-refractivity contribution is 5.64. The van der Waals surface area contributed by atoms with Crippen molar-refractivity contribution < 1.29 is 15.1 Å². The lowest BCUT2D eigenvalue weighted by molar-refractivity contribution is 0.320. The predicted octanol–water partition coefficient (Wildman–Crippen LogP) is 3.19. The summed E-state index contributed by atoms with van der Waals surface area (Å²) in [5.74, 6) is 1.09. The molecule has 18 heavy (non-hydrogen) atoms. The molecule has 4 nitrogen and oxygen atoms in total. The summed E-state index contributed by atoms with van der Waals surface area (Å²) >= 11 is 0. The van der Waals surface area contributed by atoms with Gasteiger partial charge in [-0.15, -0.1) is 5.16 Å². The first kappa shape index (κ1) is 12.0. The maximum atomic E-state index is 10.0. The van der Waals surface area contributed by atoms with Crippen LogP contribution in [-0.2, 0) is 6.42 Å². The molecule has 2 aromatic rings. The first-order valence-corrected chi connectivity index (χ1v) is 5.51. The van der Waals surface area contributed by atoms with Gasteiger partial charge in [-0.2, -0.15) is 0 Å². The van der Waals surface area contributed by atoms with Gasteiger partial charge in [-0.1, -0.05) is 30.3 Å². The molecule has 0 aliphatic rings. The Bertz CT molecular complexity index is 538. The number of phenolic OH excluding ortho intramolecular Hbond substituents is 1. The van der Waals surface area contributed by atoms with Crippen molar-refractivity contribution in [1.29, 1.82) is 0 Å². The van der Waals surface area contributed by atoms with Gasteiger partial charge in [0, 0.05) is 18.2 Å². The molecule has 0 heterocycles. The molecule has 2 rings (SSSR count). The van der Waals surface area contributed by atoms with Crippen molar-refractivity contribution in [2.75, 3.05) is 0 Å². The molecule has 92 valence electrons. The van der Waals surface area contributed by atoms with Gasteiger partial charge in [0.15, 0.2) is 11.5 Å². The van der Waals surface area contributed by atoms with Gasteiger partial charge < -0.3 is 15.1 Å². The molecule has 0 aliphatic carbocycles. The van der Waals surface area contributed by atoms with E-state index in [1.165, 1.54) is 6.21 Å². The largest absolute Gasteiger partial charge is 0.504 e. The standard InChI is InChI=1S/C14H13NO3/c16-14-11(9-10-15-17)5-4-8-13(14)18-12-6-2-1-3-7-12/h1-8,10,16-17H,9H2. The summed E-state index contributed by atoms with van der Waals surface area (Å²) in [5, 5.41) is 21.3. The smallest absolute Gasteiger partial charge is 0.169 e. The van der Waals surface area contributed by atoms with E-state index in [0.29, 0.717) is 23.5 Å². The first-order valence-electron chi connectivity index (χ1n) is 5.51. The van der Waals surface area contributed by atoms with Crippen LogP contribution in [-0.4, -0.2) is 16.5 Å². The van der Waals surface area contributed by atoms with Gasteiger partial charge in [0.2, 0.25) is 0 Å². The first-order chi connectivity index (χ1) is 8.81. The summed E-state index contributed by atoms with van der Waals surface area (Å²) < 4.78 is 5.57. The lowest BCUT2D eigenvalue weighted by Gasteiger charge is -2.09. The SMILES string of the molecule is ON=CCc1cccc(Oc2ccccc2)c1O. The highest BCUT2D eigenvalue weighted by atomic mass is 16.5. The Kier molecular flexibility index (Phi) is 3.81. The molecular formula is C14H13NO3. The molecule has 2 N–H and O–H groups in total. The van der Waals surface area contributed by atoms with E-state index in [0.717, 1.165) is 0 Å². The molecule has 0 spiro atoms. The molecule has 0 unspecified atom stereocenters. The number of hydrogen-bond acceptors (Lipinski definition) is 4. The van der Waals surface area contributed by atoms with Gasteiger partial charge in [-0.05, 0) is 18.2 Å². The summed E-state index contributed by atoms with van der Waals surface area (Å²) in [6.07, 6.45) is 1.65. The molecule has 0 fully saturated rings. The second kappa shape index (κ2) is 5.72. The maximum absolute atomic E-state index is 10.0. The van der Waals surface area contributed by atoms with Crippen LogP contribution in [0.25, 0.3) is 0 Å². The third kappa shape index (κ3) is 2.79. The summed E-state index contributed by atoms with van der Waals surface area (Å²) in [7, 11) is 0. The van der Waals surface area contributed by atoms with E-state index in [9.17, 15) is 5.11 Å². The van der Waals surface area contributed by atoms with Crippen LogP contribution in [0.1, 0.15) is 5.56 Å². The minimum atomic E-state index is 0.0567. The number of rotatable bonds is 4. The van der Waals surface area contributed by atoms with Gasteiger partial charge in [0.25, 0.3) is 0 Å². The van der Waals surface area contributed by atoms with E-state index in [4.69, 9.17) is 9.94 Å². The average molecular weight is 243 g/mol. The summed E-state index contributed by atoms with van der Waals surface area (Å²) in [6.45, 7) is 0. The number of benzene rings is 2. The van der Waals surface area contributed by atoms with E-state index in [2.05, 4.69) is 5.16 Å². The zero-order valence-electron chi connectivity index (χ0n) is 9.65. The fourth-order valence-electron chi connectivity index (χ4n) is 1.57. The summed E-state index contributed by atoms with van der Waals surface area (Å²) in [4.78, 5) is 0. The molecule has 0 aromatic heterocycles. The van der Waals surface area contributed by atoms with Crippen molar-refractivity contribution in [2.24, 2.45) is 5.16 Å². The Labute approximate surface area is 105 Å². The Morgan fingerprint density at radius 1 is 1.06 bits per heavy atom. The highest BCUT2D eigenvalue weighted by Crippen LogP contribution is 2.33. The molecule has 4 heteroatoms. The zero-order valence-corrected chi connectivity index (χ0v) is 9.65. The van der Waals surface area contributed by atoms with Gasteiger partial charge in [-0.25, -0.2) is 0 Å². The number of hydrogen-bond donors (Lipinski definition) is 2. The van der Waals surface area contributed by atoms with E-state index in [1.54, 1.807) is 30.3 Å². The minimum Gasteiger partial charge on any atom is -0.504 e. The van der Waals surface area contributed by atoms with Crippen molar-refractivity contribution in [3.8, 4) is 17.2 Å². The molecule has 0 atom stereocenters. The van der Waals surface area contributed by atoms with Gasteiger partial charge in [0.1, 0.15) is 5.75 Å². The highest BCUT2D eigenvalue weighted by Gasteiger charge is 2.08. The normalized spacial score (nSPS) is 10.7. The fraction of sp³-hybridized carbons (Fsp3) is 0.0714. The van der Waals surface area contributed by atoms with Crippen molar-refractivity contribution in [1.82, 2.24) is 0 Å². The minimum absolute atomic E-state index is 0.0567. The van der Waals surface area contributed by atoms with Crippen LogP contribution in [0.3, 0.4) is 0 Å². The number of para-hydroxylation sites is 2. The van der Waals surface area contributed by atoms with E-state index in [-0.39, 0.29) is 5.75 Å². The van der Waals surface area contributed by atoms with Crippen molar-refractivity contribution >= 4 is 6.21 Å². The number of ether oxygens (including phenoxy) is 1. The topological polar surface area (TPSA) is 62.1 Å². The number of nitrogens with zero attached hydrogens (tertiary/aromatic N) is 1. The molecule has 0 aliphatic heterocycles. The monoisotopic (exact) mass is 243 g/mol. The van der Waals surface area contributed by atoms with Gasteiger partial charge in [0.05, 0.1) is 0 Å². The van der Waals surface area contributed by atoms with Crippen LogP contribution in [0.4, 0.5) is 0 Å². The lowest BCUT2D eigenvalue weighted by atomic mass is 10.1. The van der Waals surface area contributed by atoms with Crippen LogP contribution >= 0.6 is 0 Å². The Balaban J connectivity index is 2.23. The number of phenols is 1. The van der Waals surface area contributed by atoms with Crippen LogP contribution in [0.5, 0.6) is 17.2 Å². The fourth-order valence-corrected chi connectivity index (χ4v) is 1.57. The van der Waals surface area contributed by atoms with Crippen LogP contribution in [0.15, 0.2) is 53.7 Å². The van der Waals surface area contributed by atoms with Gasteiger partial charge in [-0.3, -0.25) is 0 Å². The second-order valence-electron chi connectivity index (χ2n) is 3.68. The van der Waals surface area contributed by atoms with Gasteiger partial charge >= 0.3 is 0 Å². The molecule has 2 aromatic carbocycles. The average Bonchev–Trinajstić information content (AvgIpc) is 2.41. The quantitative estimate of drug-likeness (QED) is 0.492. The zero-order chi connectivity index (χ0) is 12.8. The molecule has 0 bridgehead atoms. The van der Waals surface area contributed by atoms with Crippen LogP contribution in [0.2, 0.25) is 0 Å². The van der Waals surface area contributed by atoms with Crippen LogP contribution in [0, 0.1) is 0 Å². The summed E-state index contributed by atoms with van der Waals surface area (Å²) in [5.41, 5.74) is 0.640. The number of aromatic hydroxyl groups is 1. The van der Waals surface area contributed by atoms with Crippen LogP contribution < -0.4 is 4.74 Å². The molecule has 0 saturated heterocycles. The molecule has 0 amide bonds. The third-order valence-corrected chi connectivity index (χ3v) is 2.45. The second-order valence-corrected chi connectivity index (χ2v) is 3.68. The van der Waals surface area contributed by atoms with Crippen molar-refractivity contribution in [3.05, 3.63) is 54.1 Å². The Morgan fingerprint density at radius 3 is 2.56 bits per heavy atom. The summed E-state index contributed by atoms with van der Waals surface area (Å²) in [6, 6.07) is 14.4. The van der Waals surface area contributed by atoms with Crippen molar-refractivity contribution in [2.45, 2.75) is 6.42 Å².